The van der Waals surface area contributed by atoms with Gasteiger partial charge in [0.2, 0.25) is 0 Å². The van der Waals surface area contributed by atoms with E-state index in [2.05, 4.69) is 11.0 Å². The molecule has 18 heavy (non-hydrogen) atoms. The van der Waals surface area contributed by atoms with Crippen molar-refractivity contribution in [1.29, 1.82) is 5.26 Å². The Bertz CT molecular complexity index is 471. The SMILES string of the molecule is COC(=O)c1ccccc1N1CCC(C#N)CC1. The zero-order chi connectivity index (χ0) is 13.0. The molecule has 1 heterocycles. The maximum Gasteiger partial charge on any atom is 0.339 e. The molecule has 0 radical (unpaired) electrons. The highest BCUT2D eigenvalue weighted by Crippen LogP contribution is 2.26. The van der Waals surface area contributed by atoms with Crippen molar-refractivity contribution < 1.29 is 9.53 Å². The monoisotopic (exact) mass is 244 g/mol. The third kappa shape index (κ3) is 2.45. The van der Waals surface area contributed by atoms with Crippen molar-refractivity contribution in [3.63, 3.8) is 0 Å². The van der Waals surface area contributed by atoms with Gasteiger partial charge < -0.3 is 9.64 Å². The minimum absolute atomic E-state index is 0.145. The number of anilines is 1. The summed E-state index contributed by atoms with van der Waals surface area (Å²) in [7, 11) is 1.39. The van der Waals surface area contributed by atoms with Gasteiger partial charge in [-0.05, 0) is 25.0 Å². The van der Waals surface area contributed by atoms with Crippen LogP contribution in [0.15, 0.2) is 24.3 Å². The fourth-order valence-electron chi connectivity index (χ4n) is 2.28. The summed E-state index contributed by atoms with van der Waals surface area (Å²) in [6, 6.07) is 9.76. The molecule has 1 fully saturated rings. The van der Waals surface area contributed by atoms with Crippen molar-refractivity contribution in [2.45, 2.75) is 12.8 Å². The average molecular weight is 244 g/mol. The Kier molecular flexibility index (Phi) is 3.83. The summed E-state index contributed by atoms with van der Waals surface area (Å²) in [6.45, 7) is 1.62. The molecule has 0 atom stereocenters. The number of nitrogens with zero attached hydrogens (tertiary/aromatic N) is 2. The first kappa shape index (κ1) is 12.4. The predicted octanol–water partition coefficient (Wildman–Crippen LogP) is 2.21. The molecule has 0 spiro atoms. The number of methoxy groups -OCH3 is 1. The number of ether oxygens (including phenoxy) is 1. The van der Waals surface area contributed by atoms with Crippen molar-refractivity contribution in [2.24, 2.45) is 5.92 Å². The second-order valence-corrected chi connectivity index (χ2v) is 4.40. The van der Waals surface area contributed by atoms with Crippen LogP contribution in [0, 0.1) is 17.2 Å². The Labute approximate surface area is 107 Å². The second kappa shape index (κ2) is 5.54. The van der Waals surface area contributed by atoms with Crippen LogP contribution in [0.3, 0.4) is 0 Å². The maximum absolute atomic E-state index is 11.7. The molecule has 1 aromatic rings. The molecule has 0 N–H and O–H groups in total. The van der Waals surface area contributed by atoms with Crippen LogP contribution >= 0.6 is 0 Å². The number of nitriles is 1. The number of piperidine rings is 1. The van der Waals surface area contributed by atoms with Crippen molar-refractivity contribution in [1.82, 2.24) is 0 Å². The number of para-hydroxylation sites is 1. The van der Waals surface area contributed by atoms with Gasteiger partial charge in [-0.15, -0.1) is 0 Å². The maximum atomic E-state index is 11.7. The van der Waals surface area contributed by atoms with Gasteiger partial charge in [0.1, 0.15) is 0 Å². The summed E-state index contributed by atoms with van der Waals surface area (Å²) in [5.41, 5.74) is 1.50. The van der Waals surface area contributed by atoms with E-state index < -0.39 is 0 Å². The fraction of sp³-hybridized carbons (Fsp3) is 0.429. The summed E-state index contributed by atoms with van der Waals surface area (Å²) in [4.78, 5) is 13.8. The third-order valence-electron chi connectivity index (χ3n) is 3.33. The van der Waals surface area contributed by atoms with Gasteiger partial charge in [0.05, 0.1) is 24.4 Å². The van der Waals surface area contributed by atoms with Crippen LogP contribution in [0.4, 0.5) is 5.69 Å². The number of benzene rings is 1. The summed E-state index contributed by atoms with van der Waals surface area (Å²) in [5, 5.41) is 8.89. The summed E-state index contributed by atoms with van der Waals surface area (Å²) >= 11 is 0. The molecule has 94 valence electrons. The topological polar surface area (TPSA) is 53.3 Å². The molecule has 0 bridgehead atoms. The van der Waals surface area contributed by atoms with Crippen molar-refractivity contribution in [3.8, 4) is 6.07 Å². The zero-order valence-corrected chi connectivity index (χ0v) is 10.4. The van der Waals surface area contributed by atoms with E-state index in [1.807, 2.05) is 18.2 Å². The predicted molar refractivity (Wildman–Crippen MR) is 68.3 cm³/mol. The molecule has 1 aromatic carbocycles. The van der Waals surface area contributed by atoms with Gasteiger partial charge in [0.15, 0.2) is 0 Å². The van der Waals surface area contributed by atoms with Gasteiger partial charge in [0.25, 0.3) is 0 Å². The summed E-state index contributed by atoms with van der Waals surface area (Å²) < 4.78 is 4.79. The molecule has 4 nitrogen and oxygen atoms in total. The molecule has 0 saturated carbocycles. The Balaban J connectivity index is 2.19. The molecular formula is C14H16N2O2. The van der Waals surface area contributed by atoms with Gasteiger partial charge in [0, 0.05) is 19.0 Å². The number of carbonyl (C=O) groups excluding carboxylic acids is 1. The molecule has 1 saturated heterocycles. The number of hydrogen-bond acceptors (Lipinski definition) is 4. The van der Waals surface area contributed by atoms with E-state index in [4.69, 9.17) is 10.00 Å². The van der Waals surface area contributed by atoms with Gasteiger partial charge in [-0.2, -0.15) is 5.26 Å². The van der Waals surface area contributed by atoms with E-state index in [1.165, 1.54) is 7.11 Å². The van der Waals surface area contributed by atoms with Crippen molar-refractivity contribution in [3.05, 3.63) is 29.8 Å². The highest BCUT2D eigenvalue weighted by Gasteiger charge is 2.22. The van der Waals surface area contributed by atoms with E-state index in [-0.39, 0.29) is 11.9 Å². The van der Waals surface area contributed by atoms with Crippen LogP contribution in [0.25, 0.3) is 0 Å². The van der Waals surface area contributed by atoms with Crippen molar-refractivity contribution in [2.75, 3.05) is 25.1 Å². The Morgan fingerprint density at radius 2 is 2.06 bits per heavy atom. The van der Waals surface area contributed by atoms with E-state index in [0.29, 0.717) is 5.56 Å². The van der Waals surface area contributed by atoms with Gasteiger partial charge >= 0.3 is 5.97 Å². The summed E-state index contributed by atoms with van der Waals surface area (Å²) in [6.07, 6.45) is 1.71. The lowest BCUT2D eigenvalue weighted by molar-refractivity contribution is 0.0601. The number of rotatable bonds is 2. The summed E-state index contributed by atoms with van der Waals surface area (Å²) in [5.74, 6) is -0.167. The molecule has 1 aliphatic heterocycles. The minimum Gasteiger partial charge on any atom is -0.465 e. The average Bonchev–Trinajstić information content (AvgIpc) is 2.46. The molecular weight excluding hydrogens is 228 g/mol. The minimum atomic E-state index is -0.312. The molecule has 0 amide bonds. The van der Waals surface area contributed by atoms with E-state index >= 15 is 0 Å². The highest BCUT2D eigenvalue weighted by atomic mass is 16.5. The van der Waals surface area contributed by atoms with E-state index in [9.17, 15) is 4.79 Å². The number of esters is 1. The fourth-order valence-corrected chi connectivity index (χ4v) is 2.28. The Morgan fingerprint density at radius 3 is 2.67 bits per heavy atom. The molecule has 0 unspecified atom stereocenters. The molecule has 0 aromatic heterocycles. The lowest BCUT2D eigenvalue weighted by Crippen LogP contribution is -2.34. The molecule has 1 aliphatic rings. The Hall–Kier alpha value is -2.02. The first-order chi connectivity index (χ1) is 8.76. The largest absolute Gasteiger partial charge is 0.465 e. The number of carbonyl (C=O) groups is 1. The first-order valence-electron chi connectivity index (χ1n) is 6.08. The van der Waals surface area contributed by atoms with E-state index in [0.717, 1.165) is 31.6 Å². The number of hydrogen-bond donors (Lipinski definition) is 0. The first-order valence-corrected chi connectivity index (χ1v) is 6.08. The van der Waals surface area contributed by atoms with Crippen LogP contribution < -0.4 is 4.90 Å². The standard InChI is InChI=1S/C14H16N2O2/c1-18-14(17)12-4-2-3-5-13(12)16-8-6-11(10-15)7-9-16/h2-5,11H,6-9H2,1H3. The zero-order valence-electron chi connectivity index (χ0n) is 10.4. The van der Waals surface area contributed by atoms with E-state index in [1.54, 1.807) is 6.07 Å². The van der Waals surface area contributed by atoms with Gasteiger partial charge in [-0.1, -0.05) is 12.1 Å². The normalized spacial score (nSPS) is 16.1. The van der Waals surface area contributed by atoms with Crippen LogP contribution in [0.5, 0.6) is 0 Å². The smallest absolute Gasteiger partial charge is 0.339 e. The molecule has 4 heteroatoms. The van der Waals surface area contributed by atoms with Crippen LogP contribution in [0.2, 0.25) is 0 Å². The highest BCUT2D eigenvalue weighted by molar-refractivity contribution is 5.95. The lowest BCUT2D eigenvalue weighted by Gasteiger charge is -2.32. The molecule has 0 aliphatic carbocycles. The quantitative estimate of drug-likeness (QED) is 0.748. The van der Waals surface area contributed by atoms with Crippen LogP contribution in [-0.4, -0.2) is 26.2 Å². The van der Waals surface area contributed by atoms with Crippen LogP contribution in [0.1, 0.15) is 23.2 Å². The van der Waals surface area contributed by atoms with Crippen molar-refractivity contribution >= 4 is 11.7 Å². The van der Waals surface area contributed by atoms with Crippen LogP contribution in [-0.2, 0) is 4.74 Å². The van der Waals surface area contributed by atoms with Gasteiger partial charge in [-0.3, -0.25) is 0 Å². The van der Waals surface area contributed by atoms with Gasteiger partial charge in [-0.25, -0.2) is 4.79 Å². The molecule has 2 rings (SSSR count). The third-order valence-corrected chi connectivity index (χ3v) is 3.33. The Morgan fingerprint density at radius 1 is 1.39 bits per heavy atom. The lowest BCUT2D eigenvalue weighted by atomic mass is 9.97. The second-order valence-electron chi connectivity index (χ2n) is 4.40.